The predicted molar refractivity (Wildman–Crippen MR) is 111 cm³/mol. The molecule has 0 saturated heterocycles. The van der Waals surface area contributed by atoms with Gasteiger partial charge in [0.25, 0.3) is 0 Å². The van der Waals surface area contributed by atoms with Crippen LogP contribution in [-0.2, 0) is 0 Å². The van der Waals surface area contributed by atoms with Gasteiger partial charge in [0.2, 0.25) is 0 Å². The lowest BCUT2D eigenvalue weighted by molar-refractivity contribution is 0.383. The molecule has 0 aromatic heterocycles. The summed E-state index contributed by atoms with van der Waals surface area (Å²) >= 11 is 3.49. The van der Waals surface area contributed by atoms with Crippen LogP contribution in [0.5, 0.6) is 0 Å². The summed E-state index contributed by atoms with van der Waals surface area (Å²) in [7, 11) is 2.05. The summed E-state index contributed by atoms with van der Waals surface area (Å²) in [5.41, 5.74) is 3.24. The largest absolute Gasteiger partial charge is 0.333 e. The Morgan fingerprint density at radius 1 is 0.769 bits per heavy atom. The fraction of sp³-hybridized carbons (Fsp3) is 0.0909. The number of amidine groups is 2. The van der Waals surface area contributed by atoms with E-state index in [1.807, 2.05) is 67.7 Å². The van der Waals surface area contributed by atoms with Crippen molar-refractivity contribution in [1.29, 1.82) is 0 Å². The molecule has 4 rings (SSSR count). The third-order valence-electron chi connectivity index (χ3n) is 4.39. The van der Waals surface area contributed by atoms with Crippen LogP contribution in [0.1, 0.15) is 22.9 Å². The minimum Gasteiger partial charge on any atom is -0.333 e. The average molecular weight is 404 g/mol. The lowest BCUT2D eigenvalue weighted by atomic mass is 10.1. The summed E-state index contributed by atoms with van der Waals surface area (Å²) in [6.07, 6.45) is -0.109. The summed E-state index contributed by atoms with van der Waals surface area (Å²) in [6.45, 7) is 0. The third-order valence-corrected chi connectivity index (χ3v) is 4.92. The Kier molecular flexibility index (Phi) is 4.67. The van der Waals surface area contributed by atoms with Crippen molar-refractivity contribution < 1.29 is 0 Å². The molecule has 0 aliphatic carbocycles. The fourth-order valence-corrected chi connectivity index (χ4v) is 3.31. The standard InChI is InChI=1S/C22H18BrN3/c1-26-21(17-8-4-2-5-9-17)24-20(16-12-14-19(23)15-13-16)25-22(26)18-10-6-3-7-11-18/h2-15,21H,1H3. The number of nitrogens with zero attached hydrogens (tertiary/aromatic N) is 3. The molecular formula is C22H18BrN3. The van der Waals surface area contributed by atoms with Crippen molar-refractivity contribution in [3.8, 4) is 0 Å². The molecule has 3 aromatic carbocycles. The molecular weight excluding hydrogens is 386 g/mol. The highest BCUT2D eigenvalue weighted by Crippen LogP contribution is 2.28. The Hall–Kier alpha value is -2.72. The van der Waals surface area contributed by atoms with Gasteiger partial charge in [0.15, 0.2) is 5.84 Å². The number of aliphatic imine (C=N–C) groups is 2. The van der Waals surface area contributed by atoms with E-state index in [2.05, 4.69) is 45.1 Å². The highest BCUT2D eigenvalue weighted by Gasteiger charge is 2.26. The van der Waals surface area contributed by atoms with Gasteiger partial charge < -0.3 is 4.90 Å². The van der Waals surface area contributed by atoms with Gasteiger partial charge in [0.1, 0.15) is 12.0 Å². The lowest BCUT2D eigenvalue weighted by Crippen LogP contribution is -2.35. The second kappa shape index (κ2) is 7.26. The number of rotatable bonds is 3. The first-order chi connectivity index (χ1) is 12.7. The van der Waals surface area contributed by atoms with Crippen molar-refractivity contribution in [2.45, 2.75) is 6.17 Å². The van der Waals surface area contributed by atoms with Gasteiger partial charge in [-0.05, 0) is 17.7 Å². The number of halogens is 1. The number of benzene rings is 3. The summed E-state index contributed by atoms with van der Waals surface area (Å²) in [6, 6.07) is 28.7. The molecule has 4 heteroatoms. The molecule has 0 fully saturated rings. The normalized spacial score (nSPS) is 16.8. The minimum absolute atomic E-state index is 0.109. The van der Waals surface area contributed by atoms with E-state index in [0.717, 1.165) is 32.8 Å². The molecule has 128 valence electrons. The molecule has 3 aromatic rings. The Balaban J connectivity index is 1.84. The second-order valence-electron chi connectivity index (χ2n) is 6.16. The van der Waals surface area contributed by atoms with Crippen LogP contribution < -0.4 is 0 Å². The van der Waals surface area contributed by atoms with Gasteiger partial charge in [-0.25, -0.2) is 9.98 Å². The molecule has 0 amide bonds. The fourth-order valence-electron chi connectivity index (χ4n) is 3.04. The van der Waals surface area contributed by atoms with E-state index >= 15 is 0 Å². The van der Waals surface area contributed by atoms with Gasteiger partial charge in [0, 0.05) is 22.6 Å². The van der Waals surface area contributed by atoms with Crippen LogP contribution in [0.15, 0.2) is 99.4 Å². The van der Waals surface area contributed by atoms with E-state index in [4.69, 9.17) is 9.98 Å². The lowest BCUT2D eigenvalue weighted by Gasteiger charge is -2.32. The molecule has 1 aliphatic rings. The van der Waals surface area contributed by atoms with Crippen LogP contribution in [-0.4, -0.2) is 23.6 Å². The van der Waals surface area contributed by atoms with Crippen molar-refractivity contribution in [2.24, 2.45) is 9.98 Å². The molecule has 26 heavy (non-hydrogen) atoms. The topological polar surface area (TPSA) is 28.0 Å². The highest BCUT2D eigenvalue weighted by atomic mass is 79.9. The Morgan fingerprint density at radius 2 is 1.38 bits per heavy atom. The summed E-state index contributed by atoms with van der Waals surface area (Å²) < 4.78 is 1.04. The van der Waals surface area contributed by atoms with Crippen molar-refractivity contribution in [3.63, 3.8) is 0 Å². The number of hydrogen-bond donors (Lipinski definition) is 0. The number of hydrogen-bond acceptors (Lipinski definition) is 3. The molecule has 0 spiro atoms. The van der Waals surface area contributed by atoms with E-state index in [-0.39, 0.29) is 6.17 Å². The minimum atomic E-state index is -0.109. The monoisotopic (exact) mass is 403 g/mol. The molecule has 0 saturated carbocycles. The molecule has 0 radical (unpaired) electrons. The van der Waals surface area contributed by atoms with E-state index in [1.165, 1.54) is 0 Å². The predicted octanol–water partition coefficient (Wildman–Crippen LogP) is 5.29. The van der Waals surface area contributed by atoms with Gasteiger partial charge in [-0.1, -0.05) is 88.7 Å². The highest BCUT2D eigenvalue weighted by molar-refractivity contribution is 9.10. The zero-order valence-electron chi connectivity index (χ0n) is 14.4. The maximum Gasteiger partial charge on any atom is 0.159 e. The van der Waals surface area contributed by atoms with Crippen molar-refractivity contribution >= 4 is 27.6 Å². The second-order valence-corrected chi connectivity index (χ2v) is 7.07. The summed E-state index contributed by atoms with van der Waals surface area (Å²) in [5, 5.41) is 0. The smallest absolute Gasteiger partial charge is 0.159 e. The van der Waals surface area contributed by atoms with Crippen LogP contribution in [0.2, 0.25) is 0 Å². The van der Waals surface area contributed by atoms with Crippen LogP contribution in [0.4, 0.5) is 0 Å². The molecule has 0 N–H and O–H groups in total. The zero-order valence-corrected chi connectivity index (χ0v) is 16.0. The first kappa shape index (κ1) is 16.7. The van der Waals surface area contributed by atoms with Gasteiger partial charge in [-0.2, -0.15) is 0 Å². The van der Waals surface area contributed by atoms with Crippen LogP contribution in [0, 0.1) is 0 Å². The first-order valence-corrected chi connectivity index (χ1v) is 9.27. The molecule has 0 bridgehead atoms. The van der Waals surface area contributed by atoms with Crippen LogP contribution in [0.3, 0.4) is 0 Å². The van der Waals surface area contributed by atoms with Gasteiger partial charge >= 0.3 is 0 Å². The molecule has 1 unspecified atom stereocenters. The van der Waals surface area contributed by atoms with E-state index in [9.17, 15) is 0 Å². The maximum atomic E-state index is 4.95. The molecule has 1 heterocycles. The third kappa shape index (κ3) is 3.33. The van der Waals surface area contributed by atoms with Crippen molar-refractivity contribution in [3.05, 3.63) is 106 Å². The Labute approximate surface area is 161 Å². The Bertz CT molecular complexity index is 948. The average Bonchev–Trinajstić information content (AvgIpc) is 2.70. The van der Waals surface area contributed by atoms with Gasteiger partial charge in [-0.15, -0.1) is 0 Å². The summed E-state index contributed by atoms with van der Waals surface area (Å²) in [4.78, 5) is 12.0. The van der Waals surface area contributed by atoms with Crippen molar-refractivity contribution in [1.82, 2.24) is 4.90 Å². The maximum absolute atomic E-state index is 4.95. The van der Waals surface area contributed by atoms with Crippen molar-refractivity contribution in [2.75, 3.05) is 7.05 Å². The Morgan fingerprint density at radius 3 is 2.04 bits per heavy atom. The molecule has 1 atom stereocenters. The first-order valence-electron chi connectivity index (χ1n) is 8.48. The molecule has 3 nitrogen and oxygen atoms in total. The summed E-state index contributed by atoms with van der Waals surface area (Å²) in [5.74, 6) is 1.68. The zero-order chi connectivity index (χ0) is 17.9. The van der Waals surface area contributed by atoms with E-state index in [0.29, 0.717) is 0 Å². The molecule has 1 aliphatic heterocycles. The van der Waals surface area contributed by atoms with E-state index < -0.39 is 0 Å². The quantitative estimate of drug-likeness (QED) is 0.583. The van der Waals surface area contributed by atoms with Crippen LogP contribution >= 0.6 is 15.9 Å². The SMILES string of the molecule is CN1C(c2ccccc2)=NC(c2ccc(Br)cc2)=NC1c1ccccc1. The van der Waals surface area contributed by atoms with Gasteiger partial charge in [0.05, 0.1) is 0 Å². The van der Waals surface area contributed by atoms with E-state index in [1.54, 1.807) is 0 Å². The van der Waals surface area contributed by atoms with Crippen LogP contribution in [0.25, 0.3) is 0 Å². The van der Waals surface area contributed by atoms with Gasteiger partial charge in [-0.3, -0.25) is 0 Å².